The minimum atomic E-state index is -0.994. The van der Waals surface area contributed by atoms with Crippen molar-refractivity contribution in [1.29, 1.82) is 0 Å². The summed E-state index contributed by atoms with van der Waals surface area (Å²) in [4.78, 5) is 21.6. The summed E-state index contributed by atoms with van der Waals surface area (Å²) in [6, 6.07) is 7.17. The lowest BCUT2D eigenvalue weighted by atomic mass is 10.3. The first-order valence-electron chi connectivity index (χ1n) is 3.78. The zero-order valence-corrected chi connectivity index (χ0v) is 8.99. The topological polar surface area (TPSA) is 92.7 Å². The Balaban J connectivity index is 2.82. The van der Waals surface area contributed by atoms with Crippen LogP contribution in [-0.4, -0.2) is 15.1 Å². The maximum atomic E-state index is 11.3. The number of hydrogen-bond donors (Lipinski definition) is 1. The molecule has 0 aliphatic carbocycles. The Hall–Kier alpha value is -1.67. The van der Waals surface area contributed by atoms with Gasteiger partial charge in [-0.05, 0) is 12.1 Å². The summed E-state index contributed by atoms with van der Waals surface area (Å²) < 4.78 is 0.125. The molecule has 0 fully saturated rings. The minimum Gasteiger partial charge on any atom is -0.239 e. The van der Waals surface area contributed by atoms with E-state index in [0.29, 0.717) is 10.7 Å². The van der Waals surface area contributed by atoms with Crippen molar-refractivity contribution in [2.75, 3.05) is 5.01 Å². The molecule has 0 aromatic heterocycles. The summed E-state index contributed by atoms with van der Waals surface area (Å²) in [6.45, 7) is 0. The SMILES string of the molecule is NN(C(=O)N(Br)[N+](=O)[O-])c1ccccc1. The molecule has 8 heteroatoms. The van der Waals surface area contributed by atoms with E-state index in [1.54, 1.807) is 30.3 Å². The number of carbonyl (C=O) groups excluding carboxylic acids is 1. The van der Waals surface area contributed by atoms with Crippen LogP contribution < -0.4 is 10.9 Å². The number of benzene rings is 1. The van der Waals surface area contributed by atoms with Gasteiger partial charge in [-0.15, -0.1) is 0 Å². The number of hydrogen-bond acceptors (Lipinski definition) is 4. The molecule has 2 amide bonds. The molecule has 0 aliphatic rings. The molecule has 0 spiro atoms. The lowest BCUT2D eigenvalue weighted by molar-refractivity contribution is -0.591. The molecule has 0 aliphatic heterocycles. The molecule has 7 nitrogen and oxygen atoms in total. The van der Waals surface area contributed by atoms with E-state index in [1.807, 2.05) is 0 Å². The zero-order valence-electron chi connectivity index (χ0n) is 7.41. The Labute approximate surface area is 93.5 Å². The predicted molar refractivity (Wildman–Crippen MR) is 56.3 cm³/mol. The van der Waals surface area contributed by atoms with Crippen LogP contribution in [0.5, 0.6) is 0 Å². The molecular weight excluding hydrogens is 268 g/mol. The fourth-order valence-corrected chi connectivity index (χ4v) is 1.03. The number of anilines is 1. The van der Waals surface area contributed by atoms with E-state index < -0.39 is 11.1 Å². The Morgan fingerprint density at radius 3 is 2.40 bits per heavy atom. The van der Waals surface area contributed by atoms with Gasteiger partial charge in [-0.3, -0.25) is 0 Å². The molecule has 0 radical (unpaired) electrons. The van der Waals surface area contributed by atoms with Gasteiger partial charge in [-0.2, -0.15) is 0 Å². The molecular formula is C7H7BrN4O3. The number of carbonyl (C=O) groups is 1. The average Bonchev–Trinajstić information content (AvgIpc) is 2.27. The molecule has 0 atom stereocenters. The van der Waals surface area contributed by atoms with Crippen LogP contribution >= 0.6 is 16.1 Å². The van der Waals surface area contributed by atoms with Crippen LogP contribution in [0, 0.1) is 10.1 Å². The Morgan fingerprint density at radius 2 is 1.93 bits per heavy atom. The third kappa shape index (κ3) is 2.64. The monoisotopic (exact) mass is 274 g/mol. The van der Waals surface area contributed by atoms with Gasteiger partial charge < -0.3 is 0 Å². The lowest BCUT2D eigenvalue weighted by Gasteiger charge is -2.16. The summed E-state index contributed by atoms with van der Waals surface area (Å²) in [5, 5.41) is 10.00. The molecule has 1 aromatic carbocycles. The Morgan fingerprint density at radius 1 is 1.40 bits per heavy atom. The van der Waals surface area contributed by atoms with Crippen LogP contribution in [0.25, 0.3) is 0 Å². The highest BCUT2D eigenvalue weighted by molar-refractivity contribution is 9.07. The zero-order chi connectivity index (χ0) is 11.4. The number of halogens is 1. The summed E-state index contributed by atoms with van der Waals surface area (Å²) in [7, 11) is 0. The van der Waals surface area contributed by atoms with Crippen LogP contribution in [0.4, 0.5) is 10.5 Å². The smallest absolute Gasteiger partial charge is 0.239 e. The van der Waals surface area contributed by atoms with Gasteiger partial charge in [0.1, 0.15) is 16.1 Å². The average molecular weight is 275 g/mol. The van der Waals surface area contributed by atoms with Crippen molar-refractivity contribution in [3.63, 3.8) is 0 Å². The Bertz CT molecular complexity index is 372. The summed E-state index contributed by atoms with van der Waals surface area (Å²) >= 11 is 2.47. The molecule has 0 unspecified atom stereocenters. The number of amides is 2. The number of para-hydroxylation sites is 1. The van der Waals surface area contributed by atoms with E-state index in [9.17, 15) is 14.9 Å². The molecule has 1 aromatic rings. The molecule has 0 saturated heterocycles. The standard InChI is InChI=1S/C7H7BrN4O3/c8-11(12(14)15)7(13)10(9)6-4-2-1-3-5-6/h1-5H,9H2. The quantitative estimate of drug-likeness (QED) is 0.289. The van der Waals surface area contributed by atoms with Crippen molar-refractivity contribution in [2.24, 2.45) is 5.84 Å². The van der Waals surface area contributed by atoms with E-state index in [-0.39, 0.29) is 4.03 Å². The summed E-state index contributed by atoms with van der Waals surface area (Å²) in [5.74, 6) is 5.38. The number of nitrogens with zero attached hydrogens (tertiary/aromatic N) is 3. The van der Waals surface area contributed by atoms with Crippen molar-refractivity contribution < 1.29 is 9.83 Å². The van der Waals surface area contributed by atoms with Crippen molar-refractivity contribution >= 4 is 27.9 Å². The number of urea groups is 1. The van der Waals surface area contributed by atoms with Crippen molar-refractivity contribution in [3.05, 3.63) is 40.4 Å². The molecule has 15 heavy (non-hydrogen) atoms. The van der Waals surface area contributed by atoms with Crippen molar-refractivity contribution in [1.82, 2.24) is 4.03 Å². The van der Waals surface area contributed by atoms with Crippen LogP contribution in [0.1, 0.15) is 0 Å². The van der Waals surface area contributed by atoms with Gasteiger partial charge in [-0.25, -0.2) is 25.8 Å². The minimum absolute atomic E-state index is 0.125. The normalized spacial score (nSPS) is 9.47. The fourth-order valence-electron chi connectivity index (χ4n) is 0.858. The molecule has 80 valence electrons. The van der Waals surface area contributed by atoms with Gasteiger partial charge in [0.15, 0.2) is 5.03 Å². The van der Waals surface area contributed by atoms with Gasteiger partial charge in [0.25, 0.3) is 0 Å². The maximum Gasteiger partial charge on any atom is 0.409 e. The number of rotatable bonds is 2. The highest BCUT2D eigenvalue weighted by Crippen LogP contribution is 2.12. The largest absolute Gasteiger partial charge is 0.409 e. The van der Waals surface area contributed by atoms with Gasteiger partial charge in [-0.1, -0.05) is 18.2 Å². The van der Waals surface area contributed by atoms with Gasteiger partial charge >= 0.3 is 6.03 Å². The second kappa shape index (κ2) is 4.71. The molecule has 0 bridgehead atoms. The van der Waals surface area contributed by atoms with Gasteiger partial charge in [0.05, 0.1) is 5.69 Å². The highest BCUT2D eigenvalue weighted by Gasteiger charge is 2.26. The predicted octanol–water partition coefficient (Wildman–Crippen LogP) is 1.29. The number of hydrazine groups is 2. The fraction of sp³-hybridized carbons (Fsp3) is 0. The second-order valence-electron chi connectivity index (χ2n) is 2.49. The van der Waals surface area contributed by atoms with E-state index in [2.05, 4.69) is 16.1 Å². The van der Waals surface area contributed by atoms with Crippen molar-refractivity contribution in [2.45, 2.75) is 0 Å². The molecule has 0 saturated carbocycles. The van der Waals surface area contributed by atoms with Crippen LogP contribution in [0.2, 0.25) is 0 Å². The van der Waals surface area contributed by atoms with Crippen LogP contribution in [0.3, 0.4) is 0 Å². The van der Waals surface area contributed by atoms with Crippen LogP contribution in [-0.2, 0) is 0 Å². The van der Waals surface area contributed by atoms with Crippen molar-refractivity contribution in [3.8, 4) is 0 Å². The highest BCUT2D eigenvalue weighted by atomic mass is 79.9. The third-order valence-electron chi connectivity index (χ3n) is 1.54. The van der Waals surface area contributed by atoms with E-state index in [1.165, 1.54) is 0 Å². The van der Waals surface area contributed by atoms with E-state index in [4.69, 9.17) is 5.84 Å². The van der Waals surface area contributed by atoms with E-state index >= 15 is 0 Å². The third-order valence-corrected chi connectivity index (χ3v) is 2.10. The molecule has 2 N–H and O–H groups in total. The van der Waals surface area contributed by atoms with Gasteiger partial charge in [0, 0.05) is 4.03 Å². The van der Waals surface area contributed by atoms with E-state index in [0.717, 1.165) is 0 Å². The number of nitrogens with two attached hydrogens (primary N) is 1. The second-order valence-corrected chi connectivity index (χ2v) is 3.16. The van der Waals surface area contributed by atoms with Gasteiger partial charge in [0.2, 0.25) is 0 Å². The lowest BCUT2D eigenvalue weighted by Crippen LogP contribution is -2.45. The first-order valence-corrected chi connectivity index (χ1v) is 4.49. The molecule has 1 rings (SSSR count). The summed E-state index contributed by atoms with van der Waals surface area (Å²) in [6.07, 6.45) is 0. The number of nitro groups is 1. The summed E-state index contributed by atoms with van der Waals surface area (Å²) in [5.41, 5.74) is 0.355. The molecule has 0 heterocycles. The van der Waals surface area contributed by atoms with Crippen LogP contribution in [0.15, 0.2) is 30.3 Å². The Kier molecular flexibility index (Phi) is 3.58. The first kappa shape index (κ1) is 11.4. The maximum absolute atomic E-state index is 11.3. The first-order chi connectivity index (χ1) is 7.04.